The number of carboxylic acids is 2. The second-order valence-electron chi connectivity index (χ2n) is 7.64. The van der Waals surface area contributed by atoms with Crippen molar-refractivity contribution in [3.05, 3.63) is 36.0 Å². The number of nitrogens with one attached hydrogen (secondary N) is 4. The van der Waals surface area contributed by atoms with Crippen molar-refractivity contribution in [2.75, 3.05) is 5.75 Å². The smallest absolute Gasteiger partial charge is 0.327 e. The fourth-order valence-corrected chi connectivity index (χ4v) is 3.40. The summed E-state index contributed by atoms with van der Waals surface area (Å²) in [6, 6.07) is 2.34. The molecule has 4 unspecified atom stereocenters. The number of aromatic nitrogens is 1. The van der Waals surface area contributed by atoms with Gasteiger partial charge in [0.25, 0.3) is 0 Å². The second kappa shape index (κ2) is 12.0. The molecule has 4 atom stereocenters. The molecule has 0 saturated carbocycles. The van der Waals surface area contributed by atoms with Crippen molar-refractivity contribution in [1.82, 2.24) is 20.9 Å². The SMILES string of the molecule is CC(NC(=O)C(Cc1c[nH]c2ccccc12)NC(=O)C(N)CC(=O)O)C(=O)NC(CS)C(=O)O. The Kier molecular flexibility index (Phi) is 9.45. The van der Waals surface area contributed by atoms with Crippen molar-refractivity contribution >= 4 is 53.2 Å². The van der Waals surface area contributed by atoms with E-state index in [9.17, 15) is 24.0 Å². The number of rotatable bonds is 12. The summed E-state index contributed by atoms with van der Waals surface area (Å²) in [7, 11) is 0. The van der Waals surface area contributed by atoms with E-state index in [4.69, 9.17) is 15.9 Å². The molecule has 8 N–H and O–H groups in total. The molecule has 0 bridgehead atoms. The first kappa shape index (κ1) is 26.7. The highest BCUT2D eigenvalue weighted by Gasteiger charge is 2.29. The van der Waals surface area contributed by atoms with Crippen molar-refractivity contribution in [2.24, 2.45) is 5.73 Å². The minimum atomic E-state index is -1.39. The zero-order valence-electron chi connectivity index (χ0n) is 18.3. The van der Waals surface area contributed by atoms with Gasteiger partial charge in [-0.2, -0.15) is 12.6 Å². The van der Waals surface area contributed by atoms with E-state index in [1.54, 1.807) is 6.20 Å². The van der Waals surface area contributed by atoms with E-state index in [0.29, 0.717) is 5.56 Å². The number of H-pyrrole nitrogens is 1. The lowest BCUT2D eigenvalue weighted by Crippen LogP contribution is -2.57. The number of nitrogens with two attached hydrogens (primary N) is 1. The van der Waals surface area contributed by atoms with Gasteiger partial charge in [0.2, 0.25) is 17.7 Å². The maximum atomic E-state index is 13.0. The summed E-state index contributed by atoms with van der Waals surface area (Å²) in [5.41, 5.74) is 7.13. The number of thiol groups is 1. The Morgan fingerprint density at radius 1 is 1.00 bits per heavy atom. The normalized spacial score (nSPS) is 14.4. The summed E-state index contributed by atoms with van der Waals surface area (Å²) in [5.74, 6) is -5.04. The molecule has 0 aliphatic carbocycles. The number of fused-ring (bicyclic) bond motifs is 1. The van der Waals surface area contributed by atoms with Crippen LogP contribution in [0, 0.1) is 0 Å². The van der Waals surface area contributed by atoms with Gasteiger partial charge in [0.1, 0.15) is 18.1 Å². The number of para-hydroxylation sites is 1. The zero-order chi connectivity index (χ0) is 25.4. The molecule has 2 aromatic rings. The van der Waals surface area contributed by atoms with Crippen LogP contribution >= 0.6 is 12.6 Å². The summed E-state index contributed by atoms with van der Waals surface area (Å²) in [5, 5.41) is 25.9. The number of carboxylic acid groups (broad SMARTS) is 2. The van der Waals surface area contributed by atoms with Gasteiger partial charge in [0, 0.05) is 29.3 Å². The van der Waals surface area contributed by atoms with Gasteiger partial charge in [0.15, 0.2) is 0 Å². The van der Waals surface area contributed by atoms with Crippen LogP contribution in [0.3, 0.4) is 0 Å². The predicted octanol–water partition coefficient (Wildman–Crippen LogP) is -0.999. The van der Waals surface area contributed by atoms with Gasteiger partial charge in [-0.25, -0.2) is 4.79 Å². The van der Waals surface area contributed by atoms with Crippen molar-refractivity contribution in [3.8, 4) is 0 Å². The third kappa shape index (κ3) is 7.22. The van der Waals surface area contributed by atoms with Crippen LogP contribution in [0.1, 0.15) is 18.9 Å². The monoisotopic (exact) mass is 493 g/mol. The van der Waals surface area contributed by atoms with Crippen LogP contribution in [0.15, 0.2) is 30.5 Å². The standard InChI is InChI=1S/C21H27N5O7S/c1-10(18(29)26-16(9-34)21(32)33)24-20(31)15(25-19(30)13(22)7-17(27)28)6-11-8-23-14-5-3-2-4-12(11)14/h2-5,8,10,13,15-16,23,34H,6-7,9,22H2,1H3,(H,24,31)(H,25,30)(H,26,29)(H,27,28)(H,32,33). The Balaban J connectivity index is 2.19. The number of benzene rings is 1. The third-order valence-electron chi connectivity index (χ3n) is 5.01. The van der Waals surface area contributed by atoms with Crippen LogP contribution in [0.5, 0.6) is 0 Å². The average molecular weight is 494 g/mol. The molecule has 12 nitrogen and oxygen atoms in total. The zero-order valence-corrected chi connectivity index (χ0v) is 19.2. The molecule has 1 heterocycles. The molecule has 3 amide bonds. The second-order valence-corrected chi connectivity index (χ2v) is 8.01. The average Bonchev–Trinajstić information content (AvgIpc) is 3.18. The van der Waals surface area contributed by atoms with Crippen molar-refractivity contribution < 1.29 is 34.2 Å². The van der Waals surface area contributed by atoms with Crippen LogP contribution in [-0.2, 0) is 30.4 Å². The molecule has 1 aromatic carbocycles. The molecular weight excluding hydrogens is 466 g/mol. The van der Waals surface area contributed by atoms with Crippen LogP contribution in [0.25, 0.3) is 10.9 Å². The number of aromatic amines is 1. The highest BCUT2D eigenvalue weighted by molar-refractivity contribution is 7.80. The van der Waals surface area contributed by atoms with Crippen molar-refractivity contribution in [3.63, 3.8) is 0 Å². The Hall–Kier alpha value is -3.58. The van der Waals surface area contributed by atoms with Crippen LogP contribution in [0.2, 0.25) is 0 Å². The minimum absolute atomic E-state index is 0.0180. The lowest BCUT2D eigenvalue weighted by Gasteiger charge is -2.23. The van der Waals surface area contributed by atoms with E-state index in [1.165, 1.54) is 6.92 Å². The molecule has 184 valence electrons. The summed E-state index contributed by atoms with van der Waals surface area (Å²) < 4.78 is 0. The van der Waals surface area contributed by atoms with Crippen LogP contribution in [-0.4, -0.2) is 74.8 Å². The quantitative estimate of drug-likeness (QED) is 0.172. The first-order valence-corrected chi connectivity index (χ1v) is 10.9. The molecule has 13 heteroatoms. The topological polar surface area (TPSA) is 204 Å². The van der Waals surface area contributed by atoms with E-state index >= 15 is 0 Å². The van der Waals surface area contributed by atoms with Gasteiger partial charge in [0.05, 0.1) is 12.5 Å². The maximum absolute atomic E-state index is 13.0. The maximum Gasteiger partial charge on any atom is 0.327 e. The number of amides is 3. The van der Waals surface area contributed by atoms with Gasteiger partial charge in [-0.1, -0.05) is 18.2 Å². The number of carbonyl (C=O) groups is 5. The summed E-state index contributed by atoms with van der Waals surface area (Å²) >= 11 is 3.87. The number of aliphatic carboxylic acids is 2. The van der Waals surface area contributed by atoms with Gasteiger partial charge in [-0.15, -0.1) is 0 Å². The lowest BCUT2D eigenvalue weighted by molar-refractivity contribution is -0.141. The highest BCUT2D eigenvalue weighted by Crippen LogP contribution is 2.19. The molecule has 1 aromatic heterocycles. The Morgan fingerprint density at radius 2 is 1.65 bits per heavy atom. The van der Waals surface area contributed by atoms with Crippen LogP contribution in [0.4, 0.5) is 0 Å². The van der Waals surface area contributed by atoms with Crippen LogP contribution < -0.4 is 21.7 Å². The summed E-state index contributed by atoms with van der Waals surface area (Å²) in [6.07, 6.45) is 1.06. The summed E-state index contributed by atoms with van der Waals surface area (Å²) in [6.45, 7) is 1.35. The van der Waals surface area contributed by atoms with E-state index in [1.807, 2.05) is 24.3 Å². The minimum Gasteiger partial charge on any atom is -0.481 e. The largest absolute Gasteiger partial charge is 0.481 e. The molecule has 34 heavy (non-hydrogen) atoms. The Morgan fingerprint density at radius 3 is 2.26 bits per heavy atom. The third-order valence-corrected chi connectivity index (χ3v) is 5.38. The van der Waals surface area contributed by atoms with E-state index in [0.717, 1.165) is 10.9 Å². The predicted molar refractivity (Wildman–Crippen MR) is 125 cm³/mol. The Labute approximate surface area is 200 Å². The highest BCUT2D eigenvalue weighted by atomic mass is 32.1. The van der Waals surface area contributed by atoms with E-state index in [-0.39, 0.29) is 12.2 Å². The number of hydrogen-bond donors (Lipinski definition) is 8. The lowest BCUT2D eigenvalue weighted by atomic mass is 10.0. The molecule has 2 rings (SSSR count). The van der Waals surface area contributed by atoms with E-state index in [2.05, 4.69) is 33.6 Å². The van der Waals surface area contributed by atoms with E-state index < -0.39 is 60.2 Å². The van der Waals surface area contributed by atoms with Crippen molar-refractivity contribution in [1.29, 1.82) is 0 Å². The number of hydrogen-bond acceptors (Lipinski definition) is 7. The number of carbonyl (C=O) groups excluding carboxylic acids is 3. The molecule has 0 spiro atoms. The first-order valence-electron chi connectivity index (χ1n) is 10.3. The molecule has 0 fully saturated rings. The van der Waals surface area contributed by atoms with Gasteiger partial charge in [-0.05, 0) is 18.6 Å². The molecule has 0 aliphatic rings. The fraction of sp³-hybridized carbons (Fsp3) is 0.381. The molecule has 0 radical (unpaired) electrons. The first-order chi connectivity index (χ1) is 16.0. The van der Waals surface area contributed by atoms with Gasteiger partial charge >= 0.3 is 11.9 Å². The van der Waals surface area contributed by atoms with Gasteiger partial charge in [-0.3, -0.25) is 19.2 Å². The fourth-order valence-electron chi connectivity index (χ4n) is 3.15. The molecular formula is C21H27N5O7S. The van der Waals surface area contributed by atoms with Crippen molar-refractivity contribution in [2.45, 2.75) is 43.9 Å². The summed E-state index contributed by atoms with van der Waals surface area (Å²) in [4.78, 5) is 62.8. The Bertz CT molecular complexity index is 1070. The molecule has 0 saturated heterocycles. The molecule has 0 aliphatic heterocycles. The van der Waals surface area contributed by atoms with Gasteiger partial charge < -0.3 is 36.9 Å².